The first-order valence-electron chi connectivity index (χ1n) is 6.27. The lowest BCUT2D eigenvalue weighted by Gasteiger charge is -2.14. The fourth-order valence-electron chi connectivity index (χ4n) is 1.58. The number of hydrogen-bond donors (Lipinski definition) is 3. The molecule has 1 atom stereocenters. The van der Waals surface area contributed by atoms with Crippen molar-refractivity contribution in [3.05, 3.63) is 29.6 Å². The summed E-state index contributed by atoms with van der Waals surface area (Å²) in [7, 11) is 1.46. The number of pyridine rings is 1. The molecule has 104 valence electrons. The molecule has 0 aromatic carbocycles. The lowest BCUT2D eigenvalue weighted by atomic mass is 10.1. The third kappa shape index (κ3) is 4.67. The zero-order valence-corrected chi connectivity index (χ0v) is 11.5. The summed E-state index contributed by atoms with van der Waals surface area (Å²) in [6.45, 7) is 4.25. The Morgan fingerprint density at radius 3 is 2.79 bits per heavy atom. The molecule has 1 rings (SSSR count). The van der Waals surface area contributed by atoms with Crippen LogP contribution in [-0.2, 0) is 17.8 Å². The van der Waals surface area contributed by atoms with Crippen LogP contribution in [0.4, 0.5) is 4.79 Å². The van der Waals surface area contributed by atoms with Gasteiger partial charge in [-0.3, -0.25) is 15.1 Å². The van der Waals surface area contributed by atoms with Crippen molar-refractivity contribution in [1.82, 2.24) is 20.9 Å². The Kier molecular flexibility index (Phi) is 5.95. The van der Waals surface area contributed by atoms with Crippen LogP contribution in [0.2, 0.25) is 0 Å². The molecule has 0 saturated carbocycles. The molecule has 1 unspecified atom stereocenters. The lowest BCUT2D eigenvalue weighted by Crippen LogP contribution is -2.47. The molecule has 0 aliphatic rings. The molecular formula is C13H20N4O2. The summed E-state index contributed by atoms with van der Waals surface area (Å²) in [5.41, 5.74) is 2.07. The summed E-state index contributed by atoms with van der Waals surface area (Å²) >= 11 is 0. The number of carbonyl (C=O) groups excluding carboxylic acids is 2. The summed E-state index contributed by atoms with van der Waals surface area (Å²) in [4.78, 5) is 26.9. The van der Waals surface area contributed by atoms with Crippen molar-refractivity contribution < 1.29 is 9.59 Å². The van der Waals surface area contributed by atoms with Gasteiger partial charge in [-0.15, -0.1) is 0 Å². The summed E-state index contributed by atoms with van der Waals surface area (Å²) in [6.07, 6.45) is 2.62. The predicted molar refractivity (Wildman–Crippen MR) is 72.5 cm³/mol. The Morgan fingerprint density at radius 1 is 1.42 bits per heavy atom. The molecule has 0 radical (unpaired) electrons. The highest BCUT2D eigenvalue weighted by Crippen LogP contribution is 2.05. The fraction of sp³-hybridized carbons (Fsp3) is 0.462. The Balaban J connectivity index is 2.51. The second-order valence-corrected chi connectivity index (χ2v) is 4.13. The average molecular weight is 264 g/mol. The van der Waals surface area contributed by atoms with Crippen molar-refractivity contribution in [2.75, 3.05) is 7.05 Å². The molecule has 0 saturated heterocycles. The minimum absolute atomic E-state index is 0.367. The zero-order valence-electron chi connectivity index (χ0n) is 11.5. The van der Waals surface area contributed by atoms with Crippen LogP contribution < -0.4 is 16.0 Å². The van der Waals surface area contributed by atoms with E-state index in [4.69, 9.17) is 0 Å². The largest absolute Gasteiger partial charge is 0.341 e. The second-order valence-electron chi connectivity index (χ2n) is 4.13. The number of nitrogens with one attached hydrogen (secondary N) is 3. The van der Waals surface area contributed by atoms with Gasteiger partial charge in [0.1, 0.15) is 0 Å². The molecule has 3 amide bonds. The first-order valence-corrected chi connectivity index (χ1v) is 6.27. The van der Waals surface area contributed by atoms with E-state index in [2.05, 4.69) is 27.9 Å². The SMILES string of the molecule is CCc1cccnc1CNC(C)C(=O)NC(=O)NC. The van der Waals surface area contributed by atoms with E-state index in [1.54, 1.807) is 13.1 Å². The van der Waals surface area contributed by atoms with Gasteiger partial charge >= 0.3 is 6.03 Å². The third-order valence-electron chi connectivity index (χ3n) is 2.80. The standard InChI is InChI=1S/C13H20N4O2/c1-4-10-6-5-7-15-11(10)8-16-9(2)12(18)17-13(19)14-3/h5-7,9,16H,4,8H2,1-3H3,(H2,14,17,18,19). The molecule has 0 aliphatic carbocycles. The molecule has 3 N–H and O–H groups in total. The van der Waals surface area contributed by atoms with Gasteiger partial charge in [0.05, 0.1) is 11.7 Å². The van der Waals surface area contributed by atoms with E-state index in [1.165, 1.54) is 7.05 Å². The quantitative estimate of drug-likeness (QED) is 0.726. The highest BCUT2D eigenvalue weighted by atomic mass is 16.2. The highest BCUT2D eigenvalue weighted by Gasteiger charge is 2.15. The minimum atomic E-state index is -0.509. The zero-order chi connectivity index (χ0) is 14.3. The van der Waals surface area contributed by atoms with Gasteiger partial charge in [-0.25, -0.2) is 4.79 Å². The van der Waals surface area contributed by atoms with Crippen LogP contribution in [0, 0.1) is 0 Å². The van der Waals surface area contributed by atoms with Crippen molar-refractivity contribution in [2.24, 2.45) is 0 Å². The van der Waals surface area contributed by atoms with Crippen molar-refractivity contribution in [2.45, 2.75) is 32.9 Å². The number of imide groups is 1. The van der Waals surface area contributed by atoms with Crippen LogP contribution in [0.3, 0.4) is 0 Å². The van der Waals surface area contributed by atoms with Crippen LogP contribution in [0.25, 0.3) is 0 Å². The summed E-state index contributed by atoms with van der Waals surface area (Å²) in [6, 6.07) is 2.93. The minimum Gasteiger partial charge on any atom is -0.341 e. The third-order valence-corrected chi connectivity index (χ3v) is 2.80. The van der Waals surface area contributed by atoms with Crippen LogP contribution in [0.5, 0.6) is 0 Å². The predicted octanol–water partition coefficient (Wildman–Crippen LogP) is 0.578. The Morgan fingerprint density at radius 2 is 2.16 bits per heavy atom. The van der Waals surface area contributed by atoms with E-state index in [0.29, 0.717) is 6.54 Å². The molecule has 1 aromatic heterocycles. The number of hydrogen-bond acceptors (Lipinski definition) is 4. The van der Waals surface area contributed by atoms with Crippen LogP contribution >= 0.6 is 0 Å². The molecule has 0 aliphatic heterocycles. The van der Waals surface area contributed by atoms with Crippen LogP contribution in [0.1, 0.15) is 25.1 Å². The molecule has 0 spiro atoms. The van der Waals surface area contributed by atoms with E-state index in [-0.39, 0.29) is 5.91 Å². The monoisotopic (exact) mass is 264 g/mol. The van der Waals surface area contributed by atoms with E-state index >= 15 is 0 Å². The molecule has 1 heterocycles. The number of aromatic nitrogens is 1. The number of carbonyl (C=O) groups is 2. The number of urea groups is 1. The molecule has 6 nitrogen and oxygen atoms in total. The van der Waals surface area contributed by atoms with E-state index in [1.807, 2.05) is 12.1 Å². The van der Waals surface area contributed by atoms with Crippen molar-refractivity contribution in [1.29, 1.82) is 0 Å². The van der Waals surface area contributed by atoms with Gasteiger partial charge in [-0.1, -0.05) is 13.0 Å². The van der Waals surface area contributed by atoms with Gasteiger partial charge in [-0.2, -0.15) is 0 Å². The maximum Gasteiger partial charge on any atom is 0.321 e. The smallest absolute Gasteiger partial charge is 0.321 e. The van der Waals surface area contributed by atoms with Crippen LogP contribution in [0.15, 0.2) is 18.3 Å². The molecule has 0 fully saturated rings. The van der Waals surface area contributed by atoms with Gasteiger partial charge in [0.2, 0.25) is 5.91 Å². The fourth-order valence-corrected chi connectivity index (χ4v) is 1.58. The van der Waals surface area contributed by atoms with Gasteiger partial charge < -0.3 is 10.6 Å². The van der Waals surface area contributed by atoms with Crippen LogP contribution in [-0.4, -0.2) is 30.0 Å². The van der Waals surface area contributed by atoms with Crippen molar-refractivity contribution in [3.63, 3.8) is 0 Å². The van der Waals surface area contributed by atoms with E-state index in [9.17, 15) is 9.59 Å². The molecule has 19 heavy (non-hydrogen) atoms. The summed E-state index contributed by atoms with van der Waals surface area (Å²) in [5, 5.41) is 7.60. The van der Waals surface area contributed by atoms with Gasteiger partial charge in [0, 0.05) is 19.8 Å². The lowest BCUT2D eigenvalue weighted by molar-refractivity contribution is -0.121. The number of amides is 3. The van der Waals surface area contributed by atoms with Gasteiger partial charge in [-0.05, 0) is 25.0 Å². The van der Waals surface area contributed by atoms with Crippen molar-refractivity contribution >= 4 is 11.9 Å². The molecular weight excluding hydrogens is 244 g/mol. The molecule has 0 bridgehead atoms. The van der Waals surface area contributed by atoms with Gasteiger partial charge in [0.15, 0.2) is 0 Å². The summed E-state index contributed by atoms with van der Waals surface area (Å²) in [5.74, 6) is -0.367. The van der Waals surface area contributed by atoms with Crippen molar-refractivity contribution in [3.8, 4) is 0 Å². The second kappa shape index (κ2) is 7.48. The van der Waals surface area contributed by atoms with E-state index < -0.39 is 12.1 Å². The number of aryl methyl sites for hydroxylation is 1. The Hall–Kier alpha value is -1.95. The number of nitrogens with zero attached hydrogens (tertiary/aromatic N) is 1. The maximum atomic E-state index is 11.6. The molecule has 6 heteroatoms. The average Bonchev–Trinajstić information content (AvgIpc) is 2.44. The highest BCUT2D eigenvalue weighted by molar-refractivity contribution is 5.96. The van der Waals surface area contributed by atoms with E-state index in [0.717, 1.165) is 17.7 Å². The Labute approximate surface area is 113 Å². The summed E-state index contributed by atoms with van der Waals surface area (Å²) < 4.78 is 0. The van der Waals surface area contributed by atoms with Gasteiger partial charge in [0.25, 0.3) is 0 Å². The number of rotatable bonds is 5. The Bertz CT molecular complexity index is 448. The topological polar surface area (TPSA) is 83.1 Å². The first kappa shape index (κ1) is 15.1. The maximum absolute atomic E-state index is 11.6. The normalized spacial score (nSPS) is 11.7. The molecule has 1 aromatic rings. The first-order chi connectivity index (χ1) is 9.08.